The average Bonchev–Trinajstić information content (AvgIpc) is 3.34. The fourth-order valence-electron chi connectivity index (χ4n) is 5.22. The molecule has 1 aromatic heterocycles. The molecule has 1 atom stereocenters. The van der Waals surface area contributed by atoms with Crippen molar-refractivity contribution in [2.75, 3.05) is 19.0 Å². The van der Waals surface area contributed by atoms with E-state index in [9.17, 15) is 9.59 Å². The first-order valence-electron chi connectivity index (χ1n) is 13.5. The topological polar surface area (TPSA) is 106 Å². The normalized spacial score (nSPS) is 14.5. The highest BCUT2D eigenvalue weighted by atomic mass is 32.1. The fraction of sp³-hybridized carbons (Fsp3) is 0.118. The molecule has 4 aromatic carbocycles. The molecule has 1 aliphatic rings. The maximum Gasteiger partial charge on any atom is 0.271 e. The number of anilines is 1. The van der Waals surface area contributed by atoms with Crippen molar-refractivity contribution < 1.29 is 14.3 Å². The van der Waals surface area contributed by atoms with Gasteiger partial charge in [0.25, 0.3) is 11.5 Å². The third kappa shape index (κ3) is 5.32. The van der Waals surface area contributed by atoms with E-state index in [0.29, 0.717) is 43.4 Å². The van der Waals surface area contributed by atoms with Gasteiger partial charge in [0.05, 0.1) is 29.0 Å². The number of benzene rings is 4. The quantitative estimate of drug-likeness (QED) is 0.291. The van der Waals surface area contributed by atoms with E-state index in [1.54, 1.807) is 30.7 Å². The number of para-hydroxylation sites is 1. The zero-order chi connectivity index (χ0) is 29.9. The van der Waals surface area contributed by atoms with Gasteiger partial charge in [-0.1, -0.05) is 72.0 Å². The molecule has 212 valence electrons. The molecule has 0 spiro atoms. The Kier molecular flexibility index (Phi) is 7.60. The molecule has 0 aliphatic carbocycles. The Morgan fingerprint density at radius 2 is 1.79 bits per heavy atom. The van der Waals surface area contributed by atoms with Gasteiger partial charge < -0.3 is 14.8 Å². The second-order valence-electron chi connectivity index (χ2n) is 9.82. The first-order valence-corrected chi connectivity index (χ1v) is 14.3. The summed E-state index contributed by atoms with van der Waals surface area (Å²) >= 11 is 1.24. The number of aromatic nitrogens is 1. The SMILES string of the molecule is COc1ccc([C@H]2C(C(=O)Nc3ccccc3)=C(C)N=c3s/c(=C/c4c(OCC#N)ccc5ccccc45)c(=O)n32)cc1. The number of thiazole rings is 1. The van der Waals surface area contributed by atoms with Gasteiger partial charge in [-0.3, -0.25) is 14.2 Å². The summed E-state index contributed by atoms with van der Waals surface area (Å²) in [6, 6.07) is 29.3. The molecule has 1 aliphatic heterocycles. The molecule has 1 amide bonds. The zero-order valence-corrected chi connectivity index (χ0v) is 24.2. The first kappa shape index (κ1) is 27.7. The second-order valence-corrected chi connectivity index (χ2v) is 10.8. The van der Waals surface area contributed by atoms with Gasteiger partial charge in [0.2, 0.25) is 0 Å². The maximum atomic E-state index is 14.2. The summed E-state index contributed by atoms with van der Waals surface area (Å²) in [5, 5.41) is 14.0. The zero-order valence-electron chi connectivity index (χ0n) is 23.4. The molecule has 6 rings (SSSR count). The molecule has 1 N–H and O–H groups in total. The summed E-state index contributed by atoms with van der Waals surface area (Å²) in [6.45, 7) is 1.66. The van der Waals surface area contributed by atoms with Crippen LogP contribution in [0.1, 0.15) is 24.1 Å². The van der Waals surface area contributed by atoms with Crippen molar-refractivity contribution in [1.82, 2.24) is 4.57 Å². The summed E-state index contributed by atoms with van der Waals surface area (Å²) in [4.78, 5) is 33.2. The molecule has 0 unspecified atom stereocenters. The highest BCUT2D eigenvalue weighted by Gasteiger charge is 2.32. The van der Waals surface area contributed by atoms with E-state index < -0.39 is 6.04 Å². The van der Waals surface area contributed by atoms with Crippen LogP contribution in [0.15, 0.2) is 112 Å². The van der Waals surface area contributed by atoms with Crippen molar-refractivity contribution in [2.45, 2.75) is 13.0 Å². The molecular weight excluding hydrogens is 560 g/mol. The molecule has 0 fully saturated rings. The highest BCUT2D eigenvalue weighted by Crippen LogP contribution is 2.32. The molecule has 43 heavy (non-hydrogen) atoms. The van der Waals surface area contributed by atoms with Gasteiger partial charge in [0.15, 0.2) is 11.4 Å². The van der Waals surface area contributed by atoms with Crippen molar-refractivity contribution >= 4 is 39.8 Å². The number of ether oxygens (including phenoxy) is 2. The number of methoxy groups -OCH3 is 1. The van der Waals surface area contributed by atoms with Gasteiger partial charge in [-0.05, 0) is 59.7 Å². The first-order chi connectivity index (χ1) is 21.0. The van der Waals surface area contributed by atoms with E-state index in [-0.39, 0.29) is 18.1 Å². The van der Waals surface area contributed by atoms with E-state index in [0.717, 1.165) is 16.3 Å². The molecule has 0 radical (unpaired) electrons. The molecule has 2 heterocycles. The van der Waals surface area contributed by atoms with Gasteiger partial charge in [-0.2, -0.15) is 5.26 Å². The Labute approximate surface area is 251 Å². The van der Waals surface area contributed by atoms with Crippen LogP contribution in [0.25, 0.3) is 16.8 Å². The fourth-order valence-corrected chi connectivity index (χ4v) is 6.25. The Hall–Kier alpha value is -5.46. The summed E-state index contributed by atoms with van der Waals surface area (Å²) in [5.41, 5.74) is 2.67. The highest BCUT2D eigenvalue weighted by molar-refractivity contribution is 7.07. The largest absolute Gasteiger partial charge is 0.497 e. The lowest BCUT2D eigenvalue weighted by molar-refractivity contribution is -0.113. The van der Waals surface area contributed by atoms with Gasteiger partial charge in [-0.25, -0.2) is 4.99 Å². The van der Waals surface area contributed by atoms with Crippen LogP contribution in [0, 0.1) is 11.3 Å². The van der Waals surface area contributed by atoms with E-state index in [1.807, 2.05) is 91.0 Å². The predicted molar refractivity (Wildman–Crippen MR) is 167 cm³/mol. The van der Waals surface area contributed by atoms with Crippen molar-refractivity contribution in [3.63, 3.8) is 0 Å². The predicted octanol–water partition coefficient (Wildman–Crippen LogP) is 4.94. The third-order valence-corrected chi connectivity index (χ3v) is 8.21. The maximum absolute atomic E-state index is 14.2. The second kappa shape index (κ2) is 11.8. The minimum absolute atomic E-state index is 0.128. The number of hydrogen-bond donors (Lipinski definition) is 1. The van der Waals surface area contributed by atoms with Crippen LogP contribution in [0.4, 0.5) is 5.69 Å². The number of fused-ring (bicyclic) bond motifs is 2. The van der Waals surface area contributed by atoms with Crippen molar-refractivity contribution in [1.29, 1.82) is 5.26 Å². The standard InChI is InChI=1S/C34H26N4O4S/c1-21-30(32(39)37-24-9-4-3-5-10-24)31(23-12-15-25(41-2)16-13-23)38-33(40)29(43-34(38)36-21)20-27-26-11-7-6-8-22(26)14-17-28(27)42-19-18-35/h3-17,20,31H,19H2,1-2H3,(H,37,39)/b29-20+/t31-/m0/s1. The van der Waals surface area contributed by atoms with Crippen LogP contribution >= 0.6 is 11.3 Å². The van der Waals surface area contributed by atoms with Crippen LogP contribution in [0.3, 0.4) is 0 Å². The lowest BCUT2D eigenvalue weighted by Crippen LogP contribution is -2.40. The summed E-state index contributed by atoms with van der Waals surface area (Å²) < 4.78 is 13.1. The van der Waals surface area contributed by atoms with E-state index in [2.05, 4.69) is 5.32 Å². The minimum atomic E-state index is -0.727. The minimum Gasteiger partial charge on any atom is -0.497 e. The number of carbonyl (C=O) groups is 1. The smallest absolute Gasteiger partial charge is 0.271 e. The number of hydrogen-bond acceptors (Lipinski definition) is 7. The third-order valence-electron chi connectivity index (χ3n) is 7.23. The van der Waals surface area contributed by atoms with Crippen molar-refractivity contribution in [3.05, 3.63) is 133 Å². The van der Waals surface area contributed by atoms with Gasteiger partial charge in [-0.15, -0.1) is 0 Å². The number of nitriles is 1. The van der Waals surface area contributed by atoms with Crippen molar-refractivity contribution in [2.24, 2.45) is 4.99 Å². The van der Waals surface area contributed by atoms with E-state index in [4.69, 9.17) is 19.7 Å². The number of amides is 1. The summed E-state index contributed by atoms with van der Waals surface area (Å²) in [6.07, 6.45) is 1.78. The van der Waals surface area contributed by atoms with E-state index in [1.165, 1.54) is 11.3 Å². The monoisotopic (exact) mass is 586 g/mol. The number of carbonyl (C=O) groups excluding carboxylic acids is 1. The van der Waals surface area contributed by atoms with Crippen LogP contribution in [0.5, 0.6) is 11.5 Å². The van der Waals surface area contributed by atoms with Crippen LogP contribution < -0.4 is 29.7 Å². The summed E-state index contributed by atoms with van der Waals surface area (Å²) in [7, 11) is 1.59. The van der Waals surface area contributed by atoms with Gasteiger partial charge in [0.1, 0.15) is 17.6 Å². The van der Waals surface area contributed by atoms with Crippen LogP contribution in [-0.4, -0.2) is 24.2 Å². The Morgan fingerprint density at radius 3 is 2.53 bits per heavy atom. The average molecular weight is 587 g/mol. The number of nitrogens with zero attached hydrogens (tertiary/aromatic N) is 3. The van der Waals surface area contributed by atoms with Crippen LogP contribution in [-0.2, 0) is 4.79 Å². The molecule has 8 nitrogen and oxygen atoms in total. The Morgan fingerprint density at radius 1 is 1.05 bits per heavy atom. The van der Waals surface area contributed by atoms with Crippen molar-refractivity contribution in [3.8, 4) is 17.6 Å². The van der Waals surface area contributed by atoms with Crippen LogP contribution in [0.2, 0.25) is 0 Å². The van der Waals surface area contributed by atoms with Gasteiger partial charge >= 0.3 is 0 Å². The molecule has 0 saturated carbocycles. The number of rotatable bonds is 7. The molecular formula is C34H26N4O4S. The summed E-state index contributed by atoms with van der Waals surface area (Å²) in [5.74, 6) is 0.814. The Bertz CT molecular complexity index is 2110. The molecule has 0 bridgehead atoms. The number of nitrogens with one attached hydrogen (secondary N) is 1. The molecule has 0 saturated heterocycles. The number of allylic oxidation sites excluding steroid dienone is 1. The molecule has 5 aromatic rings. The van der Waals surface area contributed by atoms with Gasteiger partial charge in [0, 0.05) is 11.3 Å². The van der Waals surface area contributed by atoms with E-state index >= 15 is 0 Å². The lowest BCUT2D eigenvalue weighted by Gasteiger charge is -2.25. The lowest BCUT2D eigenvalue weighted by atomic mass is 9.95. The molecule has 9 heteroatoms. The Balaban J connectivity index is 1.55.